The average molecular weight is 595 g/mol. The molecule has 2 atom stereocenters. The molecule has 4 aromatic rings. The maximum absolute atomic E-state index is 13.8. The molecule has 228 valence electrons. The van der Waals surface area contributed by atoms with Gasteiger partial charge in [-0.2, -0.15) is 5.10 Å². The van der Waals surface area contributed by atoms with E-state index in [4.69, 9.17) is 4.74 Å². The Morgan fingerprint density at radius 3 is 2.70 bits per heavy atom. The van der Waals surface area contributed by atoms with Crippen LogP contribution in [0.1, 0.15) is 52.5 Å². The zero-order chi connectivity index (χ0) is 30.6. The Balaban J connectivity index is 1.22. The number of carbonyl (C=O) groups excluding carboxylic acids is 3. The highest BCUT2D eigenvalue weighted by Crippen LogP contribution is 2.31. The number of para-hydroxylation sites is 1. The highest BCUT2D eigenvalue weighted by atomic mass is 16.5. The summed E-state index contributed by atoms with van der Waals surface area (Å²) in [5.41, 5.74) is 4.21. The molecule has 2 bridgehead atoms. The van der Waals surface area contributed by atoms with Gasteiger partial charge in [0.25, 0.3) is 5.91 Å². The van der Waals surface area contributed by atoms with Crippen LogP contribution >= 0.6 is 0 Å². The summed E-state index contributed by atoms with van der Waals surface area (Å²) in [5, 5.41) is 8.43. The van der Waals surface area contributed by atoms with E-state index in [0.29, 0.717) is 51.2 Å². The Kier molecular flexibility index (Phi) is 8.58. The highest BCUT2D eigenvalue weighted by molar-refractivity contribution is 6.06. The van der Waals surface area contributed by atoms with Crippen LogP contribution in [0.2, 0.25) is 0 Å². The number of nitrogens with zero attached hydrogens (tertiary/aromatic N) is 5. The quantitative estimate of drug-likeness (QED) is 0.384. The number of hydrogen-bond acceptors (Lipinski definition) is 6. The van der Waals surface area contributed by atoms with Crippen LogP contribution in [0, 0.1) is 13.8 Å². The summed E-state index contributed by atoms with van der Waals surface area (Å²) in [6.07, 6.45) is 3.37. The summed E-state index contributed by atoms with van der Waals surface area (Å²) < 4.78 is 7.95. The molecule has 44 heavy (non-hydrogen) atoms. The van der Waals surface area contributed by atoms with Gasteiger partial charge >= 0.3 is 0 Å². The molecule has 0 unspecified atom stereocenters. The number of aromatic nitrogens is 3. The molecular formula is C34H38N6O4. The van der Waals surface area contributed by atoms with Crippen molar-refractivity contribution in [2.45, 2.75) is 51.6 Å². The molecule has 2 aromatic heterocycles. The van der Waals surface area contributed by atoms with Crippen LogP contribution in [0.5, 0.6) is 5.75 Å². The fraction of sp³-hybridized carbons (Fsp3) is 0.382. The Labute approximate surface area is 257 Å². The van der Waals surface area contributed by atoms with Gasteiger partial charge in [0, 0.05) is 55.8 Å². The van der Waals surface area contributed by atoms with Crippen molar-refractivity contribution in [1.82, 2.24) is 29.9 Å². The van der Waals surface area contributed by atoms with E-state index in [2.05, 4.69) is 15.4 Å². The third kappa shape index (κ3) is 6.44. The van der Waals surface area contributed by atoms with E-state index in [1.165, 1.54) is 0 Å². The molecule has 0 aliphatic carbocycles. The molecule has 0 spiro atoms. The minimum atomic E-state index is -0.308. The van der Waals surface area contributed by atoms with Crippen LogP contribution in [-0.4, -0.2) is 81.1 Å². The first-order chi connectivity index (χ1) is 21.4. The highest BCUT2D eigenvalue weighted by Gasteiger charge is 2.37. The number of benzene rings is 2. The monoisotopic (exact) mass is 594 g/mol. The topological polar surface area (TPSA) is 110 Å². The van der Waals surface area contributed by atoms with E-state index < -0.39 is 0 Å². The van der Waals surface area contributed by atoms with Gasteiger partial charge in [-0.15, -0.1) is 0 Å². The Hall–Kier alpha value is -4.73. The van der Waals surface area contributed by atoms with E-state index >= 15 is 0 Å². The van der Waals surface area contributed by atoms with E-state index in [0.717, 1.165) is 40.0 Å². The number of nitrogens with one attached hydrogen (secondary N) is 1. The number of carbonyl (C=O) groups is 3. The van der Waals surface area contributed by atoms with Crippen LogP contribution in [0.15, 0.2) is 66.9 Å². The van der Waals surface area contributed by atoms with Gasteiger partial charge in [-0.05, 0) is 62.6 Å². The third-order valence-electron chi connectivity index (χ3n) is 8.54. The molecule has 1 fully saturated rings. The zero-order valence-corrected chi connectivity index (χ0v) is 25.2. The molecule has 0 saturated carbocycles. The lowest BCUT2D eigenvalue weighted by molar-refractivity contribution is -0.131. The second-order valence-electron chi connectivity index (χ2n) is 11.7. The number of amides is 3. The van der Waals surface area contributed by atoms with Crippen molar-refractivity contribution < 1.29 is 19.1 Å². The second-order valence-corrected chi connectivity index (χ2v) is 11.7. The standard InChI is InChI=1S/C34H38N6O4/c1-23-18-24(2)40(37-23)16-13-33(42)39-20-29-25-8-7-9-26(19-25)44-17-6-5-15-38(22-32(41)36-31(29)21-39)34(43)28-12-14-35-30-11-4-3-10-27(28)30/h3-4,7-12,14,18-19,29,31H,5-6,13,15-17,20-22H2,1-2H3,(H,36,41)/t29-,31+/m1/s1. The van der Waals surface area contributed by atoms with E-state index in [-0.39, 0.29) is 36.2 Å². The normalized spacial score (nSPS) is 19.2. The molecular weight excluding hydrogens is 556 g/mol. The molecule has 2 aliphatic heterocycles. The lowest BCUT2D eigenvalue weighted by Gasteiger charge is -2.26. The summed E-state index contributed by atoms with van der Waals surface area (Å²) in [4.78, 5) is 48.7. The molecule has 10 heteroatoms. The Morgan fingerprint density at radius 1 is 1.00 bits per heavy atom. The van der Waals surface area contributed by atoms with Gasteiger partial charge in [-0.1, -0.05) is 30.3 Å². The fourth-order valence-electron chi connectivity index (χ4n) is 6.31. The largest absolute Gasteiger partial charge is 0.494 e. The Bertz CT molecular complexity index is 1680. The van der Waals surface area contributed by atoms with Gasteiger partial charge in [-0.3, -0.25) is 24.0 Å². The maximum Gasteiger partial charge on any atom is 0.255 e. The number of hydrogen-bond donors (Lipinski definition) is 1. The number of aryl methyl sites for hydroxylation is 3. The van der Waals surface area contributed by atoms with Crippen molar-refractivity contribution >= 4 is 28.6 Å². The van der Waals surface area contributed by atoms with Crippen molar-refractivity contribution in [1.29, 1.82) is 0 Å². The average Bonchev–Trinajstić information content (AvgIpc) is 3.59. The first-order valence-electron chi connectivity index (χ1n) is 15.3. The van der Waals surface area contributed by atoms with Crippen LogP contribution < -0.4 is 10.1 Å². The molecule has 4 heterocycles. The van der Waals surface area contributed by atoms with Crippen LogP contribution in [0.3, 0.4) is 0 Å². The fourth-order valence-corrected chi connectivity index (χ4v) is 6.31. The summed E-state index contributed by atoms with van der Waals surface area (Å²) in [7, 11) is 0. The predicted molar refractivity (Wildman–Crippen MR) is 166 cm³/mol. The van der Waals surface area contributed by atoms with Gasteiger partial charge in [0.2, 0.25) is 11.8 Å². The van der Waals surface area contributed by atoms with Crippen LogP contribution in [-0.2, 0) is 16.1 Å². The van der Waals surface area contributed by atoms with Crippen molar-refractivity contribution in [2.24, 2.45) is 0 Å². The molecule has 6 rings (SSSR count). The van der Waals surface area contributed by atoms with Gasteiger partial charge in [-0.25, -0.2) is 0 Å². The molecule has 1 N–H and O–H groups in total. The van der Waals surface area contributed by atoms with E-state index in [1.807, 2.05) is 78.0 Å². The number of likely N-dealkylation sites (tertiary alicyclic amines) is 1. The molecule has 2 aliphatic rings. The van der Waals surface area contributed by atoms with Crippen molar-refractivity contribution in [3.05, 3.63) is 89.4 Å². The zero-order valence-electron chi connectivity index (χ0n) is 25.2. The van der Waals surface area contributed by atoms with Gasteiger partial charge in [0.15, 0.2) is 0 Å². The van der Waals surface area contributed by atoms with Crippen LogP contribution in [0.4, 0.5) is 0 Å². The van der Waals surface area contributed by atoms with Gasteiger partial charge in [0.05, 0.1) is 36.0 Å². The van der Waals surface area contributed by atoms with E-state index in [9.17, 15) is 14.4 Å². The third-order valence-corrected chi connectivity index (χ3v) is 8.54. The SMILES string of the molecule is Cc1cc(C)n(CCC(=O)N2C[C@@H]3NC(=O)CN(C(=O)c4ccnc5ccccc45)CCCCOc4cccc(c4)[C@H]3C2)n1. The van der Waals surface area contributed by atoms with Crippen molar-refractivity contribution in [2.75, 3.05) is 32.8 Å². The minimum absolute atomic E-state index is 0.0194. The Morgan fingerprint density at radius 2 is 1.86 bits per heavy atom. The maximum atomic E-state index is 13.8. The molecule has 10 nitrogen and oxygen atoms in total. The number of fused-ring (bicyclic) bond motifs is 5. The first-order valence-corrected chi connectivity index (χ1v) is 15.3. The lowest BCUT2D eigenvalue weighted by Crippen LogP contribution is -2.47. The van der Waals surface area contributed by atoms with Crippen molar-refractivity contribution in [3.63, 3.8) is 0 Å². The molecule has 3 amide bonds. The smallest absolute Gasteiger partial charge is 0.255 e. The lowest BCUT2D eigenvalue weighted by atomic mass is 9.94. The number of pyridine rings is 1. The minimum Gasteiger partial charge on any atom is -0.494 e. The first kappa shape index (κ1) is 29.3. The van der Waals surface area contributed by atoms with E-state index in [1.54, 1.807) is 17.2 Å². The summed E-state index contributed by atoms with van der Waals surface area (Å²) in [5.74, 6) is 0.214. The second kappa shape index (κ2) is 12.9. The van der Waals surface area contributed by atoms with Gasteiger partial charge < -0.3 is 19.9 Å². The molecule has 0 radical (unpaired) electrons. The predicted octanol–water partition coefficient (Wildman–Crippen LogP) is 3.86. The van der Waals surface area contributed by atoms with Crippen molar-refractivity contribution in [3.8, 4) is 5.75 Å². The number of rotatable bonds is 4. The summed E-state index contributed by atoms with van der Waals surface area (Å²) >= 11 is 0. The van der Waals surface area contributed by atoms with Gasteiger partial charge in [0.1, 0.15) is 5.75 Å². The summed E-state index contributed by atoms with van der Waals surface area (Å²) in [6.45, 7) is 6.14. The molecule has 1 saturated heterocycles. The summed E-state index contributed by atoms with van der Waals surface area (Å²) in [6, 6.07) is 18.9. The number of ether oxygens (including phenoxy) is 1. The molecule has 2 aromatic carbocycles. The van der Waals surface area contributed by atoms with Crippen LogP contribution in [0.25, 0.3) is 10.9 Å².